The number of hydrogen-bond donors (Lipinski definition) is 1. The molecule has 2 aromatic carbocycles. The molecule has 0 radical (unpaired) electrons. The Morgan fingerprint density at radius 1 is 1.04 bits per heavy atom. The van der Waals surface area contributed by atoms with E-state index in [1.165, 1.54) is 0 Å². The number of halogens is 2. The molecule has 1 N–H and O–H groups in total. The van der Waals surface area contributed by atoms with Crippen molar-refractivity contribution in [1.29, 1.82) is 0 Å². The summed E-state index contributed by atoms with van der Waals surface area (Å²) >= 11 is 12.3. The van der Waals surface area contributed by atoms with Crippen LogP contribution in [0.1, 0.15) is 21.7 Å². The number of pyridine rings is 1. The van der Waals surface area contributed by atoms with Crippen LogP contribution in [0.5, 0.6) is 0 Å². The highest BCUT2D eigenvalue weighted by atomic mass is 35.5. The van der Waals surface area contributed by atoms with Crippen LogP contribution in [0, 0.1) is 6.92 Å². The van der Waals surface area contributed by atoms with E-state index >= 15 is 0 Å². The van der Waals surface area contributed by atoms with Crippen molar-refractivity contribution < 1.29 is 4.79 Å². The number of aryl methyl sites for hydroxylation is 1. The molecule has 7 heteroatoms. The quantitative estimate of drug-likeness (QED) is 0.493. The van der Waals surface area contributed by atoms with Gasteiger partial charge in [-0.2, -0.15) is 0 Å². The topological polar surface area (TPSA) is 59.8 Å². The molecule has 0 saturated heterocycles. The number of nitrogens with zero attached hydrogens (tertiary/aromatic N) is 3. The van der Waals surface area contributed by atoms with Gasteiger partial charge in [0.2, 0.25) is 0 Å². The Labute approximate surface area is 171 Å². The summed E-state index contributed by atoms with van der Waals surface area (Å²) in [4.78, 5) is 21.5. The smallest absolute Gasteiger partial charge is 0.258 e. The summed E-state index contributed by atoms with van der Waals surface area (Å²) in [5.74, 6) is 0.480. The number of aromatic nitrogens is 3. The summed E-state index contributed by atoms with van der Waals surface area (Å²) in [6, 6.07) is 14.6. The first-order chi connectivity index (χ1) is 13.5. The molecule has 0 bridgehead atoms. The Bertz CT molecular complexity index is 1150. The van der Waals surface area contributed by atoms with Crippen LogP contribution in [0.3, 0.4) is 0 Å². The predicted octanol–water partition coefficient (Wildman–Crippen LogP) is 5.35. The summed E-state index contributed by atoms with van der Waals surface area (Å²) in [5.41, 5.74) is 3.61. The summed E-state index contributed by atoms with van der Waals surface area (Å²) in [7, 11) is 0. The third-order valence-corrected chi connectivity index (χ3v) is 5.13. The van der Waals surface area contributed by atoms with Gasteiger partial charge < -0.3 is 9.88 Å². The molecule has 2 heterocycles. The lowest BCUT2D eigenvalue weighted by atomic mass is 10.2. The van der Waals surface area contributed by atoms with Gasteiger partial charge in [-0.15, -0.1) is 0 Å². The van der Waals surface area contributed by atoms with E-state index in [1.54, 1.807) is 30.6 Å². The fourth-order valence-corrected chi connectivity index (χ4v) is 3.70. The molecule has 4 rings (SSSR count). The largest absolute Gasteiger partial charge is 0.324 e. The maximum Gasteiger partial charge on any atom is 0.258 e. The van der Waals surface area contributed by atoms with Crippen LogP contribution < -0.4 is 5.32 Å². The first-order valence-electron chi connectivity index (χ1n) is 8.64. The summed E-state index contributed by atoms with van der Waals surface area (Å²) in [6.07, 6.45) is 3.53. The SMILES string of the molecule is Cc1nc2c(NC(=O)c3c(Cl)cccc3Cl)cccc2n1Cc1ccncc1. The Kier molecular flexibility index (Phi) is 5.03. The summed E-state index contributed by atoms with van der Waals surface area (Å²) in [5, 5.41) is 3.50. The summed E-state index contributed by atoms with van der Waals surface area (Å²) < 4.78 is 2.10. The van der Waals surface area contributed by atoms with Crippen molar-refractivity contribution in [2.75, 3.05) is 5.32 Å². The number of para-hydroxylation sites is 1. The molecule has 5 nitrogen and oxygen atoms in total. The zero-order chi connectivity index (χ0) is 19.7. The van der Waals surface area contributed by atoms with Gasteiger partial charge in [-0.25, -0.2) is 4.98 Å². The Morgan fingerprint density at radius 3 is 2.43 bits per heavy atom. The average molecular weight is 411 g/mol. The highest BCUT2D eigenvalue weighted by molar-refractivity contribution is 6.40. The lowest BCUT2D eigenvalue weighted by molar-refractivity contribution is 0.102. The number of hydrogen-bond acceptors (Lipinski definition) is 3. The van der Waals surface area contributed by atoms with Crippen LogP contribution in [0.4, 0.5) is 5.69 Å². The van der Waals surface area contributed by atoms with Gasteiger partial charge in [0, 0.05) is 18.9 Å². The third-order valence-electron chi connectivity index (χ3n) is 4.50. The lowest BCUT2D eigenvalue weighted by Crippen LogP contribution is -2.13. The molecule has 0 aliphatic heterocycles. The third kappa shape index (κ3) is 3.46. The number of rotatable bonds is 4. The van der Waals surface area contributed by atoms with E-state index in [0.29, 0.717) is 27.8 Å². The van der Waals surface area contributed by atoms with Crippen LogP contribution >= 0.6 is 23.2 Å². The maximum atomic E-state index is 12.8. The predicted molar refractivity (Wildman–Crippen MR) is 112 cm³/mol. The molecule has 0 aliphatic rings. The molecule has 0 unspecified atom stereocenters. The second kappa shape index (κ2) is 7.62. The van der Waals surface area contributed by atoms with Gasteiger partial charge in [-0.3, -0.25) is 9.78 Å². The van der Waals surface area contributed by atoms with Gasteiger partial charge in [0.15, 0.2) is 0 Å². The monoisotopic (exact) mass is 410 g/mol. The highest BCUT2D eigenvalue weighted by Crippen LogP contribution is 2.28. The van der Waals surface area contributed by atoms with Gasteiger partial charge in [0.25, 0.3) is 5.91 Å². The van der Waals surface area contributed by atoms with E-state index in [1.807, 2.05) is 37.3 Å². The van der Waals surface area contributed by atoms with E-state index in [4.69, 9.17) is 23.2 Å². The molecular formula is C21H16Cl2N4O. The zero-order valence-corrected chi connectivity index (χ0v) is 16.5. The molecule has 0 atom stereocenters. The number of benzene rings is 2. The van der Waals surface area contributed by atoms with Crippen molar-refractivity contribution in [1.82, 2.24) is 14.5 Å². The van der Waals surface area contributed by atoms with Gasteiger partial charge in [-0.05, 0) is 48.9 Å². The Balaban J connectivity index is 1.71. The number of nitrogens with one attached hydrogen (secondary N) is 1. The molecular weight excluding hydrogens is 395 g/mol. The highest BCUT2D eigenvalue weighted by Gasteiger charge is 2.17. The van der Waals surface area contributed by atoms with Crippen molar-refractivity contribution in [2.24, 2.45) is 0 Å². The van der Waals surface area contributed by atoms with Gasteiger partial charge in [-0.1, -0.05) is 35.3 Å². The van der Waals surface area contributed by atoms with Crippen molar-refractivity contribution in [3.63, 3.8) is 0 Å². The minimum Gasteiger partial charge on any atom is -0.324 e. The van der Waals surface area contributed by atoms with Crippen LogP contribution in [0.25, 0.3) is 11.0 Å². The minimum absolute atomic E-state index is 0.246. The zero-order valence-electron chi connectivity index (χ0n) is 15.0. The van der Waals surface area contributed by atoms with Gasteiger partial charge in [0.05, 0.1) is 26.8 Å². The van der Waals surface area contributed by atoms with Crippen molar-refractivity contribution in [3.05, 3.63) is 87.9 Å². The normalized spacial score (nSPS) is 11.0. The molecule has 1 amide bonds. The van der Waals surface area contributed by atoms with E-state index in [9.17, 15) is 4.79 Å². The molecule has 4 aromatic rings. The lowest BCUT2D eigenvalue weighted by Gasteiger charge is -2.10. The standard InChI is InChI=1S/C21H16Cl2N4O/c1-13-25-20-17(26-21(28)19-15(22)4-2-5-16(19)23)6-3-7-18(20)27(13)12-14-8-10-24-11-9-14/h2-11H,12H2,1H3,(H,26,28). The first kappa shape index (κ1) is 18.5. The van der Waals surface area contributed by atoms with Crippen LogP contribution in [-0.2, 0) is 6.54 Å². The minimum atomic E-state index is -0.371. The van der Waals surface area contributed by atoms with E-state index < -0.39 is 0 Å². The van der Waals surface area contributed by atoms with Crippen molar-refractivity contribution in [3.8, 4) is 0 Å². The fraction of sp³-hybridized carbons (Fsp3) is 0.0952. The number of imidazole rings is 1. The molecule has 0 aliphatic carbocycles. The van der Waals surface area contributed by atoms with Crippen molar-refractivity contribution in [2.45, 2.75) is 13.5 Å². The second-order valence-corrected chi connectivity index (χ2v) is 7.14. The van der Waals surface area contributed by atoms with Gasteiger partial charge in [0.1, 0.15) is 11.3 Å². The Morgan fingerprint density at radius 2 is 1.71 bits per heavy atom. The number of anilines is 1. The number of fused-ring (bicyclic) bond motifs is 1. The average Bonchev–Trinajstić information content (AvgIpc) is 2.99. The molecule has 2 aromatic heterocycles. The molecule has 0 saturated carbocycles. The van der Waals surface area contributed by atoms with Gasteiger partial charge >= 0.3 is 0 Å². The second-order valence-electron chi connectivity index (χ2n) is 6.32. The van der Waals surface area contributed by atoms with E-state index in [2.05, 4.69) is 19.9 Å². The van der Waals surface area contributed by atoms with Crippen LogP contribution in [0.2, 0.25) is 10.0 Å². The Hall–Kier alpha value is -2.89. The number of amides is 1. The summed E-state index contributed by atoms with van der Waals surface area (Å²) in [6.45, 7) is 2.61. The van der Waals surface area contributed by atoms with Crippen LogP contribution in [-0.4, -0.2) is 20.4 Å². The fourth-order valence-electron chi connectivity index (χ4n) is 3.13. The van der Waals surface area contributed by atoms with E-state index in [0.717, 1.165) is 16.9 Å². The van der Waals surface area contributed by atoms with Crippen molar-refractivity contribution >= 4 is 45.8 Å². The number of carbonyl (C=O) groups excluding carboxylic acids is 1. The molecule has 0 fully saturated rings. The van der Waals surface area contributed by atoms with E-state index in [-0.39, 0.29) is 11.5 Å². The molecule has 140 valence electrons. The number of carbonyl (C=O) groups is 1. The maximum absolute atomic E-state index is 12.8. The molecule has 0 spiro atoms. The molecule has 28 heavy (non-hydrogen) atoms. The van der Waals surface area contributed by atoms with Crippen LogP contribution in [0.15, 0.2) is 60.9 Å². The first-order valence-corrected chi connectivity index (χ1v) is 9.40.